The topological polar surface area (TPSA) is 58.9 Å². The molecule has 18 heavy (non-hydrogen) atoms. The van der Waals surface area contributed by atoms with E-state index in [4.69, 9.17) is 4.74 Å². The van der Waals surface area contributed by atoms with Gasteiger partial charge in [0.15, 0.2) is 11.5 Å². The number of halogens is 2. The normalized spacial score (nSPS) is 10.1. The zero-order chi connectivity index (χ0) is 13.1. The summed E-state index contributed by atoms with van der Waals surface area (Å²) in [5.41, 5.74) is 0.0188. The molecule has 0 atom stereocenters. The summed E-state index contributed by atoms with van der Waals surface area (Å²) in [5, 5.41) is 12.1. The molecule has 0 spiro atoms. The van der Waals surface area contributed by atoms with Crippen molar-refractivity contribution in [2.45, 2.75) is 0 Å². The quantitative estimate of drug-likeness (QED) is 0.842. The maximum Gasteiger partial charge on any atom is 0.169 e. The van der Waals surface area contributed by atoms with E-state index in [0.29, 0.717) is 6.07 Å². The predicted octanol–water partition coefficient (Wildman–Crippen LogP) is 3.86. The Balaban J connectivity index is 2.31. The molecule has 0 unspecified atom stereocenters. The Morgan fingerprint density at radius 1 is 1.06 bits per heavy atom. The molecule has 0 aliphatic heterocycles. The lowest BCUT2D eigenvalue weighted by Gasteiger charge is -2.07. The highest BCUT2D eigenvalue weighted by molar-refractivity contribution is 5.51. The van der Waals surface area contributed by atoms with Crippen LogP contribution in [0, 0.1) is 16.5 Å². The van der Waals surface area contributed by atoms with Crippen LogP contribution in [-0.4, -0.2) is 5.11 Å². The third-order valence-corrected chi connectivity index (χ3v) is 2.11. The van der Waals surface area contributed by atoms with E-state index in [-0.39, 0.29) is 22.9 Å². The number of phenols is 1. The summed E-state index contributed by atoms with van der Waals surface area (Å²) in [6.45, 7) is 0. The molecule has 92 valence electrons. The maximum absolute atomic E-state index is 12.9. The van der Waals surface area contributed by atoms with Crippen LogP contribution in [0.2, 0.25) is 0 Å². The second-order valence-corrected chi connectivity index (χ2v) is 3.45. The smallest absolute Gasteiger partial charge is 0.169 e. The number of hydrogen-bond donors (Lipinski definition) is 1. The van der Waals surface area contributed by atoms with E-state index < -0.39 is 11.6 Å². The molecule has 4 nitrogen and oxygen atoms in total. The van der Waals surface area contributed by atoms with Crippen LogP contribution >= 0.6 is 0 Å². The highest BCUT2D eigenvalue weighted by atomic mass is 19.1. The number of rotatable bonds is 3. The minimum Gasteiger partial charge on any atom is -0.504 e. The Bertz CT molecular complexity index is 582. The lowest BCUT2D eigenvalue weighted by atomic mass is 10.2. The minimum atomic E-state index is -0.796. The van der Waals surface area contributed by atoms with Crippen LogP contribution in [0.1, 0.15) is 0 Å². The largest absolute Gasteiger partial charge is 0.504 e. The number of hydrogen-bond acceptors (Lipinski definition) is 4. The van der Waals surface area contributed by atoms with E-state index in [1.807, 2.05) is 0 Å². The molecule has 6 heteroatoms. The molecule has 0 aliphatic rings. The molecule has 2 aromatic carbocycles. The summed E-state index contributed by atoms with van der Waals surface area (Å²) in [6.07, 6.45) is 0. The van der Waals surface area contributed by atoms with Gasteiger partial charge in [-0.3, -0.25) is 0 Å². The first-order valence-corrected chi connectivity index (χ1v) is 4.89. The molecule has 2 aromatic rings. The highest BCUT2D eigenvalue weighted by Gasteiger charge is 2.07. The van der Waals surface area contributed by atoms with Gasteiger partial charge in [0.05, 0.1) is 0 Å². The Hall–Kier alpha value is -2.50. The lowest BCUT2D eigenvalue weighted by molar-refractivity contribution is 0.407. The molecule has 0 saturated carbocycles. The molecule has 0 bridgehead atoms. The monoisotopic (exact) mass is 251 g/mol. The molecule has 0 aromatic heterocycles. The summed E-state index contributed by atoms with van der Waals surface area (Å²) in [5.74, 6) is -2.08. The average molecular weight is 251 g/mol. The predicted molar refractivity (Wildman–Crippen MR) is 60.0 cm³/mol. The second kappa shape index (κ2) is 4.79. The second-order valence-electron chi connectivity index (χ2n) is 3.45. The van der Waals surface area contributed by atoms with Crippen molar-refractivity contribution in [3.8, 4) is 17.2 Å². The number of ether oxygens (including phenoxy) is 1. The van der Waals surface area contributed by atoms with Gasteiger partial charge in [-0.15, -0.1) is 4.91 Å². The van der Waals surface area contributed by atoms with Crippen molar-refractivity contribution in [1.29, 1.82) is 0 Å². The Kier molecular flexibility index (Phi) is 3.18. The summed E-state index contributed by atoms with van der Waals surface area (Å²) >= 11 is 0. The number of aromatic hydroxyl groups is 1. The minimum absolute atomic E-state index is 0.0188. The Labute approximate surface area is 100 Å². The highest BCUT2D eigenvalue weighted by Crippen LogP contribution is 2.34. The summed E-state index contributed by atoms with van der Waals surface area (Å²) in [7, 11) is 0. The van der Waals surface area contributed by atoms with Crippen LogP contribution in [0.3, 0.4) is 0 Å². The van der Waals surface area contributed by atoms with E-state index in [0.717, 1.165) is 18.2 Å². The van der Waals surface area contributed by atoms with Crippen molar-refractivity contribution in [2.24, 2.45) is 5.18 Å². The fraction of sp³-hybridized carbons (Fsp3) is 0. The van der Waals surface area contributed by atoms with Gasteiger partial charge in [0.2, 0.25) is 0 Å². The molecule has 2 rings (SSSR count). The van der Waals surface area contributed by atoms with Crippen molar-refractivity contribution < 1.29 is 18.6 Å². The fourth-order valence-electron chi connectivity index (χ4n) is 1.36. The van der Waals surface area contributed by atoms with Gasteiger partial charge in [0, 0.05) is 24.3 Å². The Morgan fingerprint density at radius 2 is 1.72 bits per heavy atom. The van der Waals surface area contributed by atoms with Crippen LogP contribution in [0.15, 0.2) is 41.6 Å². The van der Waals surface area contributed by atoms with E-state index in [1.54, 1.807) is 0 Å². The van der Waals surface area contributed by atoms with Crippen LogP contribution in [0.25, 0.3) is 0 Å². The maximum atomic E-state index is 12.9. The van der Waals surface area contributed by atoms with Crippen molar-refractivity contribution in [3.63, 3.8) is 0 Å². The summed E-state index contributed by atoms with van der Waals surface area (Å²) in [6, 6.07) is 6.29. The van der Waals surface area contributed by atoms with Gasteiger partial charge in [-0.05, 0) is 17.3 Å². The van der Waals surface area contributed by atoms with Gasteiger partial charge in [-0.1, -0.05) is 0 Å². The number of nitroso groups, excluding NO2 is 1. The zero-order valence-corrected chi connectivity index (χ0v) is 8.93. The van der Waals surface area contributed by atoms with E-state index in [1.165, 1.54) is 12.1 Å². The molecule has 0 amide bonds. The molecule has 0 fully saturated rings. The van der Waals surface area contributed by atoms with E-state index >= 15 is 0 Å². The molecule has 0 radical (unpaired) electrons. The van der Waals surface area contributed by atoms with Crippen LogP contribution in [0.4, 0.5) is 14.5 Å². The first-order valence-electron chi connectivity index (χ1n) is 4.89. The third-order valence-electron chi connectivity index (χ3n) is 2.11. The number of nitrogens with zero attached hydrogens (tertiary/aromatic N) is 1. The first-order chi connectivity index (χ1) is 8.58. The van der Waals surface area contributed by atoms with Gasteiger partial charge < -0.3 is 9.84 Å². The standard InChI is InChI=1S/C12H7F2NO3/c13-7-3-8(14)5-10(4-7)18-12-2-1-9(15-17)6-11(12)16/h1-6,16H. The van der Waals surface area contributed by atoms with Crippen molar-refractivity contribution in [1.82, 2.24) is 0 Å². The van der Waals surface area contributed by atoms with Crippen LogP contribution in [-0.2, 0) is 0 Å². The van der Waals surface area contributed by atoms with Crippen molar-refractivity contribution >= 4 is 5.69 Å². The average Bonchev–Trinajstić information content (AvgIpc) is 2.30. The molecular weight excluding hydrogens is 244 g/mol. The van der Waals surface area contributed by atoms with Crippen LogP contribution < -0.4 is 4.74 Å². The first kappa shape index (κ1) is 12.0. The van der Waals surface area contributed by atoms with Gasteiger partial charge in [-0.25, -0.2) is 8.78 Å². The Morgan fingerprint density at radius 3 is 2.28 bits per heavy atom. The van der Waals surface area contributed by atoms with Gasteiger partial charge in [0.25, 0.3) is 0 Å². The molecule has 0 saturated heterocycles. The molecule has 0 aliphatic carbocycles. The van der Waals surface area contributed by atoms with Crippen LogP contribution in [0.5, 0.6) is 17.2 Å². The van der Waals surface area contributed by atoms with Gasteiger partial charge in [0.1, 0.15) is 23.1 Å². The van der Waals surface area contributed by atoms with E-state index in [2.05, 4.69) is 5.18 Å². The fourth-order valence-corrected chi connectivity index (χ4v) is 1.36. The number of phenolic OH excluding ortho intramolecular Hbond substituents is 1. The molecular formula is C12H7F2NO3. The third kappa shape index (κ3) is 2.60. The summed E-state index contributed by atoms with van der Waals surface area (Å²) < 4.78 is 30.9. The zero-order valence-electron chi connectivity index (χ0n) is 8.93. The van der Waals surface area contributed by atoms with Gasteiger partial charge in [-0.2, -0.15) is 0 Å². The lowest BCUT2D eigenvalue weighted by Crippen LogP contribution is -1.88. The van der Waals surface area contributed by atoms with Gasteiger partial charge >= 0.3 is 0 Å². The summed E-state index contributed by atoms with van der Waals surface area (Å²) in [4.78, 5) is 10.2. The number of benzene rings is 2. The van der Waals surface area contributed by atoms with E-state index in [9.17, 15) is 18.8 Å². The van der Waals surface area contributed by atoms with Crippen molar-refractivity contribution in [2.75, 3.05) is 0 Å². The molecule has 1 N–H and O–H groups in total. The SMILES string of the molecule is O=Nc1ccc(Oc2cc(F)cc(F)c2)c(O)c1. The molecule has 0 heterocycles. The van der Waals surface area contributed by atoms with Crippen molar-refractivity contribution in [3.05, 3.63) is 52.9 Å².